The van der Waals surface area contributed by atoms with E-state index in [0.29, 0.717) is 6.54 Å². The third-order valence-electron chi connectivity index (χ3n) is 3.49. The Morgan fingerprint density at radius 2 is 1.74 bits per heavy atom. The molecule has 1 nitrogen and oxygen atoms in total. The second kappa shape index (κ2) is 5.98. The van der Waals surface area contributed by atoms with E-state index in [-0.39, 0.29) is 11.9 Å². The lowest BCUT2D eigenvalue weighted by Crippen LogP contribution is -2.18. The van der Waals surface area contributed by atoms with Crippen molar-refractivity contribution < 1.29 is 4.39 Å². The zero-order chi connectivity index (χ0) is 13.8. The average Bonchev–Trinajstić information content (AvgIpc) is 2.40. The van der Waals surface area contributed by atoms with E-state index in [1.54, 1.807) is 6.07 Å². The highest BCUT2D eigenvalue weighted by atomic mass is 19.1. The molecule has 0 aliphatic carbocycles. The van der Waals surface area contributed by atoms with Gasteiger partial charge in [0, 0.05) is 12.6 Å². The van der Waals surface area contributed by atoms with E-state index >= 15 is 0 Å². The maximum Gasteiger partial charge on any atom is 0.123 e. The molecule has 0 saturated carbocycles. The molecule has 0 heterocycles. The monoisotopic (exact) mass is 257 g/mol. The number of rotatable bonds is 4. The van der Waals surface area contributed by atoms with E-state index in [1.165, 1.54) is 17.2 Å². The Hall–Kier alpha value is -1.67. The van der Waals surface area contributed by atoms with Crippen LogP contribution in [0, 0.1) is 19.7 Å². The summed E-state index contributed by atoms with van der Waals surface area (Å²) in [6.45, 7) is 6.89. The number of aryl methyl sites for hydroxylation is 2. The first-order valence-corrected chi connectivity index (χ1v) is 6.61. The fourth-order valence-electron chi connectivity index (χ4n) is 2.07. The zero-order valence-electron chi connectivity index (χ0n) is 11.7. The Kier molecular flexibility index (Phi) is 4.33. The van der Waals surface area contributed by atoms with Crippen molar-refractivity contribution in [2.75, 3.05) is 0 Å². The summed E-state index contributed by atoms with van der Waals surface area (Å²) in [6, 6.07) is 13.7. The predicted molar refractivity (Wildman–Crippen MR) is 77.6 cm³/mol. The number of hydrogen-bond acceptors (Lipinski definition) is 1. The van der Waals surface area contributed by atoms with Gasteiger partial charge in [-0.1, -0.05) is 35.9 Å². The molecule has 0 unspecified atom stereocenters. The zero-order valence-corrected chi connectivity index (χ0v) is 11.7. The van der Waals surface area contributed by atoms with Crippen LogP contribution in [0.1, 0.15) is 35.2 Å². The summed E-state index contributed by atoms with van der Waals surface area (Å²) in [5, 5.41) is 3.44. The van der Waals surface area contributed by atoms with Crippen molar-refractivity contribution in [1.29, 1.82) is 0 Å². The van der Waals surface area contributed by atoms with Crippen LogP contribution in [0.4, 0.5) is 4.39 Å². The van der Waals surface area contributed by atoms with Gasteiger partial charge in [0.2, 0.25) is 0 Å². The van der Waals surface area contributed by atoms with Crippen LogP contribution < -0.4 is 5.32 Å². The molecule has 19 heavy (non-hydrogen) atoms. The first-order chi connectivity index (χ1) is 9.06. The summed E-state index contributed by atoms with van der Waals surface area (Å²) in [7, 11) is 0. The van der Waals surface area contributed by atoms with E-state index in [1.807, 2.05) is 13.0 Å². The fourth-order valence-corrected chi connectivity index (χ4v) is 2.07. The van der Waals surface area contributed by atoms with Crippen molar-refractivity contribution in [3.63, 3.8) is 0 Å². The van der Waals surface area contributed by atoms with Crippen molar-refractivity contribution in [2.45, 2.75) is 33.4 Å². The van der Waals surface area contributed by atoms with Crippen molar-refractivity contribution >= 4 is 0 Å². The molecule has 0 amide bonds. The molecule has 0 aliphatic rings. The normalized spacial score (nSPS) is 12.4. The van der Waals surface area contributed by atoms with Crippen molar-refractivity contribution in [2.24, 2.45) is 0 Å². The molecule has 0 aromatic heterocycles. The summed E-state index contributed by atoms with van der Waals surface area (Å²) >= 11 is 0. The van der Waals surface area contributed by atoms with E-state index in [2.05, 4.69) is 43.4 Å². The standard InChI is InChI=1S/C17H20FN/c1-12-4-7-15(8-5-12)14(3)19-11-16-10-17(18)9-6-13(16)2/h4-10,14,19H,11H2,1-3H3/t14-/m0/s1. The molecule has 0 bridgehead atoms. The average molecular weight is 257 g/mol. The van der Waals surface area contributed by atoms with Crippen molar-refractivity contribution in [1.82, 2.24) is 5.32 Å². The summed E-state index contributed by atoms with van der Waals surface area (Å²) in [6.07, 6.45) is 0. The molecule has 2 aromatic carbocycles. The third kappa shape index (κ3) is 3.65. The van der Waals surface area contributed by atoms with Gasteiger partial charge in [-0.05, 0) is 49.6 Å². The van der Waals surface area contributed by atoms with Gasteiger partial charge < -0.3 is 5.32 Å². The first kappa shape index (κ1) is 13.8. The maximum atomic E-state index is 13.2. The maximum absolute atomic E-state index is 13.2. The SMILES string of the molecule is Cc1ccc([C@H](C)NCc2cc(F)ccc2C)cc1. The number of benzene rings is 2. The highest BCUT2D eigenvalue weighted by molar-refractivity contribution is 5.27. The number of halogens is 1. The predicted octanol–water partition coefficient (Wildman–Crippen LogP) is 4.29. The Bertz CT molecular complexity index is 546. The van der Waals surface area contributed by atoms with Crippen LogP contribution in [0.15, 0.2) is 42.5 Å². The summed E-state index contributed by atoms with van der Waals surface area (Å²) < 4.78 is 13.2. The molecule has 0 aliphatic heterocycles. The minimum Gasteiger partial charge on any atom is -0.306 e. The molecule has 0 fully saturated rings. The van der Waals surface area contributed by atoms with E-state index < -0.39 is 0 Å². The molecule has 100 valence electrons. The Morgan fingerprint density at radius 1 is 1.05 bits per heavy atom. The second-order valence-electron chi connectivity index (χ2n) is 5.08. The molecule has 2 heteroatoms. The van der Waals surface area contributed by atoms with E-state index in [9.17, 15) is 4.39 Å². The van der Waals surface area contributed by atoms with Gasteiger partial charge in [0.1, 0.15) is 5.82 Å². The highest BCUT2D eigenvalue weighted by Gasteiger charge is 2.06. The van der Waals surface area contributed by atoms with Crippen LogP contribution >= 0.6 is 0 Å². The lowest BCUT2D eigenvalue weighted by atomic mass is 10.0. The molecule has 0 spiro atoms. The second-order valence-corrected chi connectivity index (χ2v) is 5.08. The van der Waals surface area contributed by atoms with Crippen molar-refractivity contribution in [3.8, 4) is 0 Å². The van der Waals surface area contributed by atoms with Gasteiger partial charge in [0.05, 0.1) is 0 Å². The lowest BCUT2D eigenvalue weighted by Gasteiger charge is -2.15. The quantitative estimate of drug-likeness (QED) is 0.861. The van der Waals surface area contributed by atoms with Crippen LogP contribution in [0.3, 0.4) is 0 Å². The molecule has 0 radical (unpaired) electrons. The summed E-state index contributed by atoms with van der Waals surface area (Å²) in [4.78, 5) is 0. The molecule has 0 saturated heterocycles. The van der Waals surface area contributed by atoms with E-state index in [0.717, 1.165) is 11.1 Å². The van der Waals surface area contributed by atoms with Gasteiger partial charge in [-0.25, -0.2) is 4.39 Å². The Balaban J connectivity index is 2.02. The van der Waals surface area contributed by atoms with Gasteiger partial charge >= 0.3 is 0 Å². The molecular formula is C17H20FN. The topological polar surface area (TPSA) is 12.0 Å². The lowest BCUT2D eigenvalue weighted by molar-refractivity contribution is 0.567. The summed E-state index contributed by atoms with van der Waals surface area (Å²) in [5.74, 6) is -0.176. The van der Waals surface area contributed by atoms with E-state index in [4.69, 9.17) is 0 Å². The third-order valence-corrected chi connectivity index (χ3v) is 3.49. The van der Waals surface area contributed by atoms with Crippen LogP contribution in [0.2, 0.25) is 0 Å². The van der Waals surface area contributed by atoms with Gasteiger partial charge in [0.15, 0.2) is 0 Å². The molecule has 2 aromatic rings. The van der Waals surface area contributed by atoms with Crippen LogP contribution in [0.25, 0.3) is 0 Å². The Labute approximate surface area is 114 Å². The van der Waals surface area contributed by atoms with Gasteiger partial charge in [0.25, 0.3) is 0 Å². The molecule has 2 rings (SSSR count). The fraction of sp³-hybridized carbons (Fsp3) is 0.294. The Morgan fingerprint density at radius 3 is 2.42 bits per heavy atom. The van der Waals surface area contributed by atoms with Gasteiger partial charge in [-0.3, -0.25) is 0 Å². The van der Waals surface area contributed by atoms with Crippen LogP contribution in [0.5, 0.6) is 0 Å². The first-order valence-electron chi connectivity index (χ1n) is 6.61. The number of nitrogens with one attached hydrogen (secondary N) is 1. The molecule has 1 N–H and O–H groups in total. The smallest absolute Gasteiger partial charge is 0.123 e. The summed E-state index contributed by atoms with van der Waals surface area (Å²) in [5.41, 5.74) is 4.64. The molecular weight excluding hydrogens is 237 g/mol. The minimum absolute atomic E-state index is 0.176. The van der Waals surface area contributed by atoms with Crippen LogP contribution in [-0.4, -0.2) is 0 Å². The van der Waals surface area contributed by atoms with Gasteiger partial charge in [-0.15, -0.1) is 0 Å². The van der Waals surface area contributed by atoms with Crippen molar-refractivity contribution in [3.05, 3.63) is 70.5 Å². The highest BCUT2D eigenvalue weighted by Crippen LogP contribution is 2.15. The largest absolute Gasteiger partial charge is 0.306 e. The van der Waals surface area contributed by atoms with Gasteiger partial charge in [-0.2, -0.15) is 0 Å². The van der Waals surface area contributed by atoms with Crippen LogP contribution in [-0.2, 0) is 6.54 Å². The minimum atomic E-state index is -0.176. The number of hydrogen-bond donors (Lipinski definition) is 1. The molecule has 1 atom stereocenters.